The summed E-state index contributed by atoms with van der Waals surface area (Å²) in [5.74, 6) is -5.00. The molecule has 27 nitrogen and oxygen atoms in total. The molecule has 0 aliphatic heterocycles. The van der Waals surface area contributed by atoms with Crippen LogP contribution >= 0.6 is 90.9 Å². The second-order valence-electron chi connectivity index (χ2n) is 5.48. The van der Waals surface area contributed by atoms with E-state index in [1.54, 1.807) is 0 Å². The van der Waals surface area contributed by atoms with Gasteiger partial charge in [0, 0.05) is 97.7 Å². The Morgan fingerprint density at radius 2 is 0.286 bits per heavy atom. The molecule has 0 heterocycles. The molecule has 0 amide bonds. The maximum atomic E-state index is 9.09. The minimum absolute atomic E-state index is 0.833. The molecule has 0 atom stereocenters. The summed E-state index contributed by atoms with van der Waals surface area (Å²) in [4.78, 5) is 128. The molecule has 0 rings (SSSR count). The molecule has 0 fully saturated rings. The Morgan fingerprint density at radius 3 is 0.286 bits per heavy atom. The van der Waals surface area contributed by atoms with Crippen molar-refractivity contribution in [2.75, 3.05) is 0 Å². The van der Waals surface area contributed by atoms with Crippen molar-refractivity contribution < 1.29 is 131 Å². The van der Waals surface area contributed by atoms with Crippen molar-refractivity contribution in [3.8, 4) is 0 Å². The van der Waals surface area contributed by atoms with Gasteiger partial charge in [0.15, 0.2) is 0 Å². The zero-order valence-electron chi connectivity index (χ0n) is 24.8. The van der Waals surface area contributed by atoms with Crippen LogP contribution in [-0.2, 0) is 51.6 Å². The van der Waals surface area contributed by atoms with Crippen molar-refractivity contribution in [2.45, 2.75) is 41.5 Å². The Morgan fingerprint density at radius 1 is 0.286 bits per heavy atom. The molecule has 0 bridgehead atoms. The van der Waals surface area contributed by atoms with Gasteiger partial charge in [0.05, 0.1) is 0 Å². The quantitative estimate of drug-likeness (QED) is 0.155. The second kappa shape index (κ2) is 45.0. The van der Waals surface area contributed by atoms with E-state index in [-0.39, 0.29) is 0 Å². The molecule has 0 aliphatic carbocycles. The van der Waals surface area contributed by atoms with E-state index in [0.29, 0.717) is 0 Å². The molecule has 0 spiro atoms. The van der Waals surface area contributed by atoms with Crippen LogP contribution in [0.5, 0.6) is 0 Å². The number of carboxylic acid groups (broad SMARTS) is 6. The maximum Gasteiger partial charge on any atom is 0.419 e. The molecular weight excluding hydrogens is 908 g/mol. The predicted octanol–water partition coefficient (Wildman–Crippen LogP) is 2.13. The summed E-state index contributed by atoms with van der Waals surface area (Å²) >= 11 is 21.0. The lowest BCUT2D eigenvalue weighted by Gasteiger charge is -1.80. The van der Waals surface area contributed by atoms with Crippen LogP contribution in [0, 0.1) is 0 Å². The van der Waals surface area contributed by atoms with Gasteiger partial charge >= 0.3 is 34.7 Å². The van der Waals surface area contributed by atoms with Crippen molar-refractivity contribution in [3.63, 3.8) is 0 Å². The summed E-state index contributed by atoms with van der Waals surface area (Å²) in [6, 6.07) is 0. The molecule has 16 N–H and O–H groups in total. The van der Waals surface area contributed by atoms with Gasteiger partial charge in [-0.3, -0.25) is 28.8 Å². The number of hydrogen-bond donors (Lipinski definition) is 16. The smallest absolute Gasteiger partial charge is 0.419 e. The van der Waals surface area contributed by atoms with Gasteiger partial charge in [0.1, 0.15) is 0 Å². The Kier molecular flexibility index (Phi) is 71.2. The van der Waals surface area contributed by atoms with E-state index >= 15 is 0 Å². The molecule has 0 unspecified atom stereocenters. The highest BCUT2D eigenvalue weighted by molar-refractivity contribution is 7.80. The van der Waals surface area contributed by atoms with Gasteiger partial charge in [-0.2, -0.15) is 0 Å². The van der Waals surface area contributed by atoms with Crippen LogP contribution < -0.4 is 0 Å². The van der Waals surface area contributed by atoms with E-state index in [0.717, 1.165) is 41.5 Å². The van der Waals surface area contributed by atoms with Gasteiger partial charge < -0.3 is 79.6 Å². The minimum atomic E-state index is -4.17. The lowest BCUT2D eigenvalue weighted by atomic mass is 10.9. The Hall–Kier alpha value is -0.980. The fraction of sp³-hybridized carbons (Fsp3) is 0.500. The molecule has 0 aromatic heterocycles. The first-order valence-corrected chi connectivity index (χ1v) is 21.9. The number of hydrogen-bond acceptors (Lipinski definition) is 11. The normalized spacial score (nSPS) is 9.08. The first kappa shape index (κ1) is 77.5. The van der Waals surface area contributed by atoms with E-state index in [4.69, 9.17) is 131 Å². The standard InChI is InChI=1S/6C2H4O2.5ClH2O3P/c6*1-2(3)4;5*1-5(2,3)4/h6*1H3,(H,3,4);5*(H2,2,3,4). The van der Waals surface area contributed by atoms with Gasteiger partial charge in [0.2, 0.25) is 0 Å². The van der Waals surface area contributed by atoms with Crippen molar-refractivity contribution in [3.05, 3.63) is 0 Å². The summed E-state index contributed by atoms with van der Waals surface area (Å²) in [5, 5.41) is 44.5. The van der Waals surface area contributed by atoms with Crippen LogP contribution in [0.25, 0.3) is 0 Å². The summed E-state index contributed by atoms with van der Waals surface area (Å²) in [7, 11) is 0. The van der Waals surface area contributed by atoms with Gasteiger partial charge in [0.25, 0.3) is 35.8 Å². The Labute approximate surface area is 298 Å². The van der Waals surface area contributed by atoms with Gasteiger partial charge in [-0.1, -0.05) is 0 Å². The van der Waals surface area contributed by atoms with E-state index in [2.05, 4.69) is 56.2 Å². The largest absolute Gasteiger partial charge is 0.481 e. The SMILES string of the molecule is CC(=O)O.CC(=O)O.CC(=O)O.CC(=O)O.CC(=O)O.CC(=O)O.O=P(O)(O)Cl.O=P(O)(O)Cl.O=P(O)(O)Cl.O=P(O)(O)Cl.O=P(O)(O)Cl. The zero-order valence-corrected chi connectivity index (χ0v) is 33.0. The third-order valence-electron chi connectivity index (χ3n) is 0. The highest BCUT2D eigenvalue weighted by Gasteiger charge is 2.02. The Bertz CT molecular complexity index is 827. The number of halogens is 5. The van der Waals surface area contributed by atoms with Crippen molar-refractivity contribution in [2.24, 2.45) is 0 Å². The zero-order chi connectivity index (χ0) is 44.0. The molecular formula is C12H34Cl5O27P5. The number of aliphatic carboxylic acids is 6. The fourth-order valence-electron chi connectivity index (χ4n) is 0. The van der Waals surface area contributed by atoms with E-state index in [9.17, 15) is 0 Å². The third kappa shape index (κ3) is 99200. The van der Waals surface area contributed by atoms with Crippen LogP contribution in [0.2, 0.25) is 0 Å². The molecule has 37 heteroatoms. The lowest BCUT2D eigenvalue weighted by Crippen LogP contribution is -1.78. The molecule has 0 saturated carbocycles. The maximum absolute atomic E-state index is 9.09. The summed E-state index contributed by atoms with van der Waals surface area (Å²) in [5.41, 5.74) is 0. The molecule has 49 heavy (non-hydrogen) atoms. The molecule has 0 aromatic carbocycles. The number of carboxylic acids is 6. The molecule has 0 aromatic rings. The minimum Gasteiger partial charge on any atom is -0.481 e. The monoisotopic (exact) mass is 940 g/mol. The van der Waals surface area contributed by atoms with Crippen molar-refractivity contribution >= 4 is 127 Å². The highest BCUT2D eigenvalue weighted by atomic mass is 35.7. The first-order valence-electron chi connectivity index (χ1n) is 9.32. The van der Waals surface area contributed by atoms with Crippen LogP contribution in [0.15, 0.2) is 0 Å². The lowest BCUT2D eigenvalue weighted by molar-refractivity contribution is -0.135. The van der Waals surface area contributed by atoms with Gasteiger partial charge in [-0.05, 0) is 0 Å². The van der Waals surface area contributed by atoms with Crippen LogP contribution in [-0.4, -0.2) is 115 Å². The fourth-order valence-corrected chi connectivity index (χ4v) is 0. The molecule has 0 saturated heterocycles. The topological polar surface area (TPSA) is 511 Å². The number of rotatable bonds is 0. The average Bonchev–Trinajstić information content (AvgIpc) is 2.49. The number of carbonyl (C=O) groups is 6. The molecule has 304 valence electrons. The van der Waals surface area contributed by atoms with Crippen molar-refractivity contribution in [1.29, 1.82) is 0 Å². The highest BCUT2D eigenvalue weighted by Crippen LogP contribution is 2.41. The van der Waals surface area contributed by atoms with Crippen molar-refractivity contribution in [1.82, 2.24) is 0 Å². The Balaban J connectivity index is -0.0000000361. The van der Waals surface area contributed by atoms with E-state index < -0.39 is 70.6 Å². The summed E-state index contributed by atoms with van der Waals surface area (Å²) in [6.07, 6.45) is 0. The molecule has 0 aliphatic rings. The van der Waals surface area contributed by atoms with Gasteiger partial charge in [-0.25, -0.2) is 22.8 Å². The molecule has 0 radical (unpaired) electrons. The first-order chi connectivity index (χ1) is 20.4. The average molecular weight is 943 g/mol. The third-order valence-corrected chi connectivity index (χ3v) is 0. The summed E-state index contributed by atoms with van der Waals surface area (Å²) < 4.78 is 45.5. The van der Waals surface area contributed by atoms with E-state index in [1.165, 1.54) is 0 Å². The summed E-state index contributed by atoms with van der Waals surface area (Å²) in [6.45, 7) is -14.3. The van der Waals surface area contributed by atoms with Crippen LogP contribution in [0.3, 0.4) is 0 Å². The van der Waals surface area contributed by atoms with E-state index in [1.807, 2.05) is 0 Å². The van der Waals surface area contributed by atoms with Crippen LogP contribution in [0.4, 0.5) is 0 Å². The van der Waals surface area contributed by atoms with Crippen LogP contribution in [0.1, 0.15) is 41.5 Å². The second-order valence-corrected chi connectivity index (χ2v) is 16.8. The van der Waals surface area contributed by atoms with Gasteiger partial charge in [-0.15, -0.1) is 0 Å². The predicted molar refractivity (Wildman–Crippen MR) is 169 cm³/mol.